The van der Waals surface area contributed by atoms with Crippen LogP contribution in [0.3, 0.4) is 0 Å². The SMILES string of the molecule is C[C@H](O)CCCCC[C@H]1OC(C)(C)O[C@H]1CCC(=O)O. The van der Waals surface area contributed by atoms with Crippen LogP contribution in [0.25, 0.3) is 0 Å². The number of hydrogen-bond acceptors (Lipinski definition) is 4. The molecule has 0 bridgehead atoms. The second-order valence-corrected chi connectivity index (χ2v) is 6.13. The minimum absolute atomic E-state index is 0.0177. The average Bonchev–Trinajstić information content (AvgIpc) is 2.60. The zero-order valence-electron chi connectivity index (χ0n) is 12.8. The first-order valence-electron chi connectivity index (χ1n) is 7.55. The van der Waals surface area contributed by atoms with Crippen LogP contribution in [0.1, 0.15) is 65.7 Å². The fraction of sp³-hybridized carbons (Fsp3) is 0.933. The summed E-state index contributed by atoms with van der Waals surface area (Å²) in [6.07, 6.45) is 5.02. The summed E-state index contributed by atoms with van der Waals surface area (Å²) < 4.78 is 11.6. The number of ether oxygens (including phenoxy) is 2. The molecule has 0 unspecified atom stereocenters. The number of aliphatic hydroxyl groups is 1. The van der Waals surface area contributed by atoms with Gasteiger partial charge in [-0.15, -0.1) is 0 Å². The van der Waals surface area contributed by atoms with Crippen molar-refractivity contribution >= 4 is 5.97 Å². The molecule has 0 aromatic rings. The van der Waals surface area contributed by atoms with Crippen molar-refractivity contribution in [3.8, 4) is 0 Å². The predicted molar refractivity (Wildman–Crippen MR) is 75.5 cm³/mol. The van der Waals surface area contributed by atoms with Crippen molar-refractivity contribution in [2.45, 2.75) is 89.8 Å². The van der Waals surface area contributed by atoms with Crippen molar-refractivity contribution in [2.24, 2.45) is 0 Å². The molecule has 5 nitrogen and oxygen atoms in total. The number of hydrogen-bond donors (Lipinski definition) is 2. The van der Waals surface area contributed by atoms with E-state index in [4.69, 9.17) is 14.6 Å². The first-order chi connectivity index (χ1) is 9.30. The van der Waals surface area contributed by atoms with Crippen LogP contribution in [-0.2, 0) is 14.3 Å². The van der Waals surface area contributed by atoms with E-state index in [1.54, 1.807) is 6.92 Å². The van der Waals surface area contributed by atoms with Gasteiger partial charge in [0, 0.05) is 6.42 Å². The number of aliphatic hydroxyl groups excluding tert-OH is 1. The van der Waals surface area contributed by atoms with E-state index in [0.717, 1.165) is 32.1 Å². The highest BCUT2D eigenvalue weighted by molar-refractivity contribution is 5.66. The normalized spacial score (nSPS) is 26.6. The number of carboxylic acids is 1. The third-order valence-electron chi connectivity index (χ3n) is 3.54. The van der Waals surface area contributed by atoms with Crippen molar-refractivity contribution in [2.75, 3.05) is 0 Å². The topological polar surface area (TPSA) is 76.0 Å². The summed E-state index contributed by atoms with van der Waals surface area (Å²) in [7, 11) is 0. The van der Waals surface area contributed by atoms with Gasteiger partial charge < -0.3 is 19.7 Å². The van der Waals surface area contributed by atoms with Crippen LogP contribution in [0.15, 0.2) is 0 Å². The van der Waals surface area contributed by atoms with E-state index in [0.29, 0.717) is 6.42 Å². The molecule has 0 spiro atoms. The molecule has 3 atom stereocenters. The molecule has 5 heteroatoms. The Bertz CT molecular complexity index is 301. The molecule has 1 aliphatic rings. The second kappa shape index (κ2) is 7.96. The van der Waals surface area contributed by atoms with E-state index in [1.165, 1.54) is 0 Å². The Balaban J connectivity index is 2.30. The molecule has 0 aromatic heterocycles. The molecule has 2 N–H and O–H groups in total. The van der Waals surface area contributed by atoms with Crippen LogP contribution < -0.4 is 0 Å². The van der Waals surface area contributed by atoms with E-state index in [-0.39, 0.29) is 24.7 Å². The molecule has 1 rings (SSSR count). The summed E-state index contributed by atoms with van der Waals surface area (Å²) in [6, 6.07) is 0. The number of aliphatic carboxylic acids is 1. The van der Waals surface area contributed by atoms with Crippen molar-refractivity contribution in [3.63, 3.8) is 0 Å². The van der Waals surface area contributed by atoms with E-state index in [1.807, 2.05) is 13.8 Å². The Morgan fingerprint density at radius 2 is 1.75 bits per heavy atom. The van der Waals surface area contributed by atoms with Gasteiger partial charge in [-0.1, -0.05) is 19.3 Å². The van der Waals surface area contributed by atoms with Crippen molar-refractivity contribution < 1.29 is 24.5 Å². The molecule has 0 saturated carbocycles. The molecule has 1 fully saturated rings. The average molecular weight is 288 g/mol. The minimum Gasteiger partial charge on any atom is -0.481 e. The van der Waals surface area contributed by atoms with Gasteiger partial charge in [0.1, 0.15) is 0 Å². The maximum atomic E-state index is 10.7. The van der Waals surface area contributed by atoms with E-state index >= 15 is 0 Å². The Morgan fingerprint density at radius 1 is 1.15 bits per heavy atom. The van der Waals surface area contributed by atoms with Crippen LogP contribution in [0.5, 0.6) is 0 Å². The standard InChI is InChI=1S/C15H28O5/c1-11(16)7-5-4-6-8-12-13(9-10-14(17)18)20-15(2,3)19-12/h11-13,16H,4-10H2,1-3H3,(H,17,18)/t11-,12+,13-/m0/s1. The molecular weight excluding hydrogens is 260 g/mol. The summed E-state index contributed by atoms with van der Waals surface area (Å²) in [6.45, 7) is 5.54. The lowest BCUT2D eigenvalue weighted by Gasteiger charge is -2.16. The van der Waals surface area contributed by atoms with Gasteiger partial charge >= 0.3 is 5.97 Å². The van der Waals surface area contributed by atoms with Crippen LogP contribution >= 0.6 is 0 Å². The molecule has 1 heterocycles. The lowest BCUT2D eigenvalue weighted by atomic mass is 10.0. The Labute approximate surface area is 121 Å². The van der Waals surface area contributed by atoms with Crippen LogP contribution in [0.2, 0.25) is 0 Å². The maximum absolute atomic E-state index is 10.7. The van der Waals surface area contributed by atoms with Gasteiger partial charge in [0.25, 0.3) is 0 Å². The number of rotatable bonds is 9. The van der Waals surface area contributed by atoms with E-state index in [9.17, 15) is 9.90 Å². The van der Waals surface area contributed by atoms with Crippen molar-refractivity contribution in [3.05, 3.63) is 0 Å². The molecule has 0 aromatic carbocycles. The molecule has 1 aliphatic heterocycles. The summed E-state index contributed by atoms with van der Waals surface area (Å²) in [5.74, 6) is -1.41. The van der Waals surface area contributed by atoms with Gasteiger partial charge in [-0.2, -0.15) is 0 Å². The second-order valence-electron chi connectivity index (χ2n) is 6.13. The summed E-state index contributed by atoms with van der Waals surface area (Å²) >= 11 is 0. The molecular formula is C15H28O5. The highest BCUT2D eigenvalue weighted by atomic mass is 16.7. The molecule has 20 heavy (non-hydrogen) atoms. The predicted octanol–water partition coefficient (Wildman–Crippen LogP) is 2.70. The number of carboxylic acid groups (broad SMARTS) is 1. The Kier molecular flexibility index (Phi) is 6.92. The van der Waals surface area contributed by atoms with Crippen molar-refractivity contribution in [1.82, 2.24) is 0 Å². The molecule has 0 radical (unpaired) electrons. The number of carbonyl (C=O) groups is 1. The van der Waals surface area contributed by atoms with Gasteiger partial charge in [0.2, 0.25) is 0 Å². The van der Waals surface area contributed by atoms with Gasteiger partial charge in [0.15, 0.2) is 5.79 Å². The number of unbranched alkanes of at least 4 members (excludes halogenated alkanes) is 2. The van der Waals surface area contributed by atoms with E-state index < -0.39 is 11.8 Å². The zero-order valence-corrected chi connectivity index (χ0v) is 12.8. The largest absolute Gasteiger partial charge is 0.481 e. The smallest absolute Gasteiger partial charge is 0.303 e. The minimum atomic E-state index is -0.797. The monoisotopic (exact) mass is 288 g/mol. The van der Waals surface area contributed by atoms with Gasteiger partial charge in [0.05, 0.1) is 18.3 Å². The van der Waals surface area contributed by atoms with Crippen LogP contribution in [0.4, 0.5) is 0 Å². The van der Waals surface area contributed by atoms with Crippen molar-refractivity contribution in [1.29, 1.82) is 0 Å². The lowest BCUT2D eigenvalue weighted by Crippen LogP contribution is -2.23. The maximum Gasteiger partial charge on any atom is 0.303 e. The zero-order chi connectivity index (χ0) is 15.2. The molecule has 0 aliphatic carbocycles. The highest BCUT2D eigenvalue weighted by Crippen LogP contribution is 2.33. The quantitative estimate of drug-likeness (QED) is 0.638. The fourth-order valence-electron chi connectivity index (χ4n) is 2.63. The molecule has 0 amide bonds. The third-order valence-corrected chi connectivity index (χ3v) is 3.54. The third kappa shape index (κ3) is 6.68. The first kappa shape index (κ1) is 17.4. The van der Waals surface area contributed by atoms with Gasteiger partial charge in [-0.25, -0.2) is 0 Å². The Morgan fingerprint density at radius 3 is 2.30 bits per heavy atom. The fourth-order valence-corrected chi connectivity index (χ4v) is 2.63. The van der Waals surface area contributed by atoms with Crippen LogP contribution in [0, 0.1) is 0 Å². The lowest BCUT2D eigenvalue weighted by molar-refractivity contribution is -0.149. The van der Waals surface area contributed by atoms with Gasteiger partial charge in [-0.05, 0) is 40.0 Å². The highest BCUT2D eigenvalue weighted by Gasteiger charge is 2.40. The summed E-state index contributed by atoms with van der Waals surface area (Å²) in [4.78, 5) is 10.7. The first-order valence-corrected chi connectivity index (χ1v) is 7.55. The summed E-state index contributed by atoms with van der Waals surface area (Å²) in [5.41, 5.74) is 0. The van der Waals surface area contributed by atoms with Gasteiger partial charge in [-0.3, -0.25) is 4.79 Å². The summed E-state index contributed by atoms with van der Waals surface area (Å²) in [5, 5.41) is 18.0. The molecule has 1 saturated heterocycles. The Hall–Kier alpha value is -0.650. The molecule has 118 valence electrons. The van der Waals surface area contributed by atoms with E-state index in [2.05, 4.69) is 0 Å². The van der Waals surface area contributed by atoms with Crippen LogP contribution in [-0.4, -0.2) is 40.3 Å².